The molecular formula is C16H22N2O8. The van der Waals surface area contributed by atoms with E-state index in [1.165, 1.54) is 23.9 Å². The largest absolute Gasteiger partial charge is 0.461 e. The van der Waals surface area contributed by atoms with E-state index < -0.39 is 53.6 Å². The lowest BCUT2D eigenvalue weighted by molar-refractivity contribution is -0.204. The van der Waals surface area contributed by atoms with Gasteiger partial charge in [0, 0.05) is 19.4 Å². The Kier molecular flexibility index (Phi) is 5.02. The fourth-order valence-corrected chi connectivity index (χ4v) is 3.02. The van der Waals surface area contributed by atoms with Crippen molar-refractivity contribution in [2.45, 2.75) is 57.2 Å². The summed E-state index contributed by atoms with van der Waals surface area (Å²) in [5, 5.41) is 0. The number of aromatic nitrogens is 2. The van der Waals surface area contributed by atoms with E-state index in [0.29, 0.717) is 0 Å². The number of fused-ring (bicyclic) bond motifs is 1. The van der Waals surface area contributed by atoms with Gasteiger partial charge in [-0.1, -0.05) is 0 Å². The Bertz CT molecular complexity index is 785. The molecule has 2 fully saturated rings. The number of ether oxygens (including phenoxy) is 5. The lowest BCUT2D eigenvalue weighted by Gasteiger charge is -2.24. The summed E-state index contributed by atoms with van der Waals surface area (Å²) in [5.74, 6) is -1.42. The van der Waals surface area contributed by atoms with Crippen LogP contribution >= 0.6 is 0 Å². The average Bonchev–Trinajstić information content (AvgIpc) is 3.05. The summed E-state index contributed by atoms with van der Waals surface area (Å²) < 4.78 is 29.0. The van der Waals surface area contributed by atoms with Crippen molar-refractivity contribution in [2.24, 2.45) is 0 Å². The lowest BCUT2D eigenvalue weighted by Crippen LogP contribution is -2.37. The Morgan fingerprint density at radius 2 is 2.04 bits per heavy atom. The van der Waals surface area contributed by atoms with Crippen molar-refractivity contribution in [3.05, 3.63) is 33.1 Å². The highest BCUT2D eigenvalue weighted by molar-refractivity contribution is 5.74. The molecule has 1 aromatic heterocycles. The molecule has 144 valence electrons. The Hall–Kier alpha value is -2.01. The number of carbonyl (C=O) groups excluding carboxylic acids is 1. The van der Waals surface area contributed by atoms with Gasteiger partial charge in [0.2, 0.25) is 0 Å². The van der Waals surface area contributed by atoms with Crippen LogP contribution in [0.3, 0.4) is 0 Å². The molecule has 5 atom stereocenters. The number of nitrogens with one attached hydrogen (secondary N) is 1. The van der Waals surface area contributed by atoms with Crippen LogP contribution in [0.15, 0.2) is 21.9 Å². The fourth-order valence-electron chi connectivity index (χ4n) is 3.02. The van der Waals surface area contributed by atoms with Gasteiger partial charge in [0.25, 0.3) is 5.56 Å². The van der Waals surface area contributed by atoms with Crippen LogP contribution in [-0.4, -0.2) is 59.4 Å². The highest BCUT2D eigenvalue weighted by Crippen LogP contribution is 2.42. The van der Waals surface area contributed by atoms with E-state index in [0.717, 1.165) is 0 Å². The van der Waals surface area contributed by atoms with E-state index in [4.69, 9.17) is 23.7 Å². The molecule has 0 saturated carbocycles. The van der Waals surface area contributed by atoms with E-state index in [1.807, 2.05) is 0 Å². The number of aromatic amines is 1. The minimum absolute atomic E-state index is 0.0816. The van der Waals surface area contributed by atoms with Crippen LogP contribution in [0.1, 0.15) is 27.0 Å². The van der Waals surface area contributed by atoms with Crippen LogP contribution in [0.4, 0.5) is 0 Å². The molecule has 0 unspecified atom stereocenters. The van der Waals surface area contributed by atoms with Crippen LogP contribution < -0.4 is 11.2 Å². The predicted molar refractivity (Wildman–Crippen MR) is 86.5 cm³/mol. The van der Waals surface area contributed by atoms with Crippen molar-refractivity contribution < 1.29 is 28.5 Å². The van der Waals surface area contributed by atoms with Gasteiger partial charge in [-0.25, -0.2) is 9.59 Å². The third-order valence-electron chi connectivity index (χ3n) is 4.33. The van der Waals surface area contributed by atoms with Gasteiger partial charge in [-0.3, -0.25) is 14.3 Å². The molecule has 1 N–H and O–H groups in total. The molecule has 0 amide bonds. The smallest absolute Gasteiger partial charge is 0.335 e. The molecule has 0 spiro atoms. The van der Waals surface area contributed by atoms with Crippen molar-refractivity contribution in [1.29, 1.82) is 0 Å². The second kappa shape index (κ2) is 6.95. The highest BCUT2D eigenvalue weighted by atomic mass is 16.8. The van der Waals surface area contributed by atoms with Crippen LogP contribution in [0.2, 0.25) is 0 Å². The summed E-state index contributed by atoms with van der Waals surface area (Å²) in [4.78, 5) is 37.4. The number of esters is 1. The first-order valence-electron chi connectivity index (χ1n) is 8.24. The summed E-state index contributed by atoms with van der Waals surface area (Å²) in [7, 11) is 1.41. The normalized spacial score (nSPS) is 30.8. The first kappa shape index (κ1) is 18.8. The van der Waals surface area contributed by atoms with Gasteiger partial charge in [0.1, 0.15) is 24.9 Å². The van der Waals surface area contributed by atoms with Gasteiger partial charge >= 0.3 is 11.7 Å². The number of nitrogens with zero attached hydrogens (tertiary/aromatic N) is 1. The molecule has 1 aromatic rings. The standard InChI is InChI=1S/C16H22N2O8/c1-8(22-4)14(20)23-7-9-11-12(26-16(2,3)25-11)13(24-9)18-6-5-10(19)17-15(18)21/h5-6,8-9,11-13H,7H2,1-4H3,(H,17,19,21)/t8-,9+,11+,12+,13+/m0/s1. The van der Waals surface area contributed by atoms with E-state index >= 15 is 0 Å². The third-order valence-corrected chi connectivity index (χ3v) is 4.33. The second-order valence-corrected chi connectivity index (χ2v) is 6.66. The average molecular weight is 370 g/mol. The third kappa shape index (κ3) is 3.58. The second-order valence-electron chi connectivity index (χ2n) is 6.66. The summed E-state index contributed by atoms with van der Waals surface area (Å²) in [6.07, 6.45) is -1.98. The molecule has 3 rings (SSSR count). The van der Waals surface area contributed by atoms with Crippen molar-refractivity contribution in [1.82, 2.24) is 9.55 Å². The first-order valence-corrected chi connectivity index (χ1v) is 8.24. The minimum atomic E-state index is -0.884. The number of carbonyl (C=O) groups is 1. The summed E-state index contributed by atoms with van der Waals surface area (Å²) in [6.45, 7) is 4.98. The monoisotopic (exact) mass is 370 g/mol. The van der Waals surface area contributed by atoms with E-state index in [9.17, 15) is 14.4 Å². The molecule has 3 heterocycles. The van der Waals surface area contributed by atoms with Crippen molar-refractivity contribution in [2.75, 3.05) is 13.7 Å². The zero-order chi connectivity index (χ0) is 19.1. The maximum atomic E-state index is 12.1. The predicted octanol–water partition coefficient (Wildman–Crippen LogP) is -0.468. The van der Waals surface area contributed by atoms with Gasteiger partial charge < -0.3 is 23.7 Å². The topological polar surface area (TPSA) is 118 Å². The van der Waals surface area contributed by atoms with Crippen molar-refractivity contribution >= 4 is 5.97 Å². The summed E-state index contributed by atoms with van der Waals surface area (Å²) >= 11 is 0. The van der Waals surface area contributed by atoms with Gasteiger partial charge in [0.05, 0.1) is 0 Å². The Morgan fingerprint density at radius 3 is 2.69 bits per heavy atom. The fraction of sp³-hybridized carbons (Fsp3) is 0.688. The molecule has 2 aliphatic rings. The zero-order valence-electron chi connectivity index (χ0n) is 15.0. The van der Waals surface area contributed by atoms with Crippen LogP contribution in [0.25, 0.3) is 0 Å². The van der Waals surface area contributed by atoms with Crippen molar-refractivity contribution in [3.8, 4) is 0 Å². The molecule has 0 aromatic carbocycles. The maximum Gasteiger partial charge on any atom is 0.335 e. The van der Waals surface area contributed by atoms with Crippen molar-refractivity contribution in [3.63, 3.8) is 0 Å². The van der Waals surface area contributed by atoms with Crippen LogP contribution in [0, 0.1) is 0 Å². The highest BCUT2D eigenvalue weighted by Gasteiger charge is 2.56. The maximum absolute atomic E-state index is 12.1. The quantitative estimate of drug-likeness (QED) is 0.692. The number of hydrogen-bond donors (Lipinski definition) is 1. The SMILES string of the molecule is CO[C@@H](C)C(=O)OC[C@H]1O[C@@H](n2ccc(=O)[nH]c2=O)[C@@H]2OC(C)(C)O[C@@H]21. The lowest BCUT2D eigenvalue weighted by atomic mass is 10.1. The Labute approximate surface area is 149 Å². The van der Waals surface area contributed by atoms with Crippen LogP contribution in [0.5, 0.6) is 0 Å². The number of H-pyrrole nitrogens is 1. The molecule has 10 nitrogen and oxygen atoms in total. The molecule has 0 bridgehead atoms. The number of rotatable bonds is 5. The zero-order valence-corrected chi connectivity index (χ0v) is 15.0. The van der Waals surface area contributed by atoms with Crippen LogP contribution in [-0.2, 0) is 28.5 Å². The summed E-state index contributed by atoms with van der Waals surface area (Å²) in [5.41, 5.74) is -1.14. The molecule has 26 heavy (non-hydrogen) atoms. The molecule has 0 radical (unpaired) electrons. The van der Waals surface area contributed by atoms with Gasteiger partial charge in [0.15, 0.2) is 18.1 Å². The summed E-state index contributed by atoms with van der Waals surface area (Å²) in [6, 6.07) is 1.22. The molecule has 2 saturated heterocycles. The molecule has 10 heteroatoms. The van der Waals surface area contributed by atoms with Gasteiger partial charge in [-0.2, -0.15) is 0 Å². The van der Waals surface area contributed by atoms with E-state index in [2.05, 4.69) is 4.98 Å². The molecule has 0 aliphatic carbocycles. The molecular weight excluding hydrogens is 348 g/mol. The van der Waals surface area contributed by atoms with Gasteiger partial charge in [-0.15, -0.1) is 0 Å². The van der Waals surface area contributed by atoms with Gasteiger partial charge in [-0.05, 0) is 20.8 Å². The number of hydrogen-bond acceptors (Lipinski definition) is 8. The van der Waals surface area contributed by atoms with E-state index in [-0.39, 0.29) is 6.61 Å². The first-order chi connectivity index (χ1) is 12.2. The number of methoxy groups -OCH3 is 1. The molecule has 2 aliphatic heterocycles. The minimum Gasteiger partial charge on any atom is -0.461 e. The van der Waals surface area contributed by atoms with E-state index in [1.54, 1.807) is 20.8 Å². The Balaban J connectivity index is 1.81. The Morgan fingerprint density at radius 1 is 1.35 bits per heavy atom.